The Morgan fingerprint density at radius 2 is 2.04 bits per heavy atom. The number of carbonyl (C=O) groups excluding carboxylic acids is 2. The highest BCUT2D eigenvalue weighted by Gasteiger charge is 2.36. The SMILES string of the molecule is CCN1CCc2ccc(NC(=O)C3CC(=O)N(c4ccc(C)cc4F)C3)cc21. The average Bonchev–Trinajstić information content (AvgIpc) is 3.25. The lowest BCUT2D eigenvalue weighted by Gasteiger charge is -2.19. The molecule has 2 heterocycles. The van der Waals surface area contributed by atoms with Crippen LogP contribution >= 0.6 is 0 Å². The fourth-order valence-electron chi connectivity index (χ4n) is 4.04. The van der Waals surface area contributed by atoms with Gasteiger partial charge in [0.15, 0.2) is 0 Å². The van der Waals surface area contributed by atoms with Crippen LogP contribution in [-0.2, 0) is 16.0 Å². The van der Waals surface area contributed by atoms with Gasteiger partial charge in [-0.3, -0.25) is 9.59 Å². The summed E-state index contributed by atoms with van der Waals surface area (Å²) in [5, 5.41) is 2.94. The molecule has 0 saturated carbocycles. The molecule has 0 aromatic heterocycles. The molecule has 1 unspecified atom stereocenters. The summed E-state index contributed by atoms with van der Waals surface area (Å²) in [6.45, 7) is 6.03. The van der Waals surface area contributed by atoms with Gasteiger partial charge in [0.05, 0.1) is 11.6 Å². The molecular formula is C22H24FN3O2. The smallest absolute Gasteiger partial charge is 0.229 e. The van der Waals surface area contributed by atoms with E-state index in [1.54, 1.807) is 19.1 Å². The first-order chi connectivity index (χ1) is 13.5. The standard InChI is InChI=1S/C22H24FN3O2/c1-3-25-9-8-15-5-6-17(12-20(15)25)24-22(28)16-11-21(27)26(13-16)19-7-4-14(2)10-18(19)23/h4-7,10,12,16H,3,8-9,11,13H2,1-2H3,(H,24,28). The third kappa shape index (κ3) is 3.35. The van der Waals surface area contributed by atoms with Crippen molar-refractivity contribution in [2.24, 2.45) is 5.92 Å². The summed E-state index contributed by atoms with van der Waals surface area (Å²) >= 11 is 0. The molecule has 1 N–H and O–H groups in total. The van der Waals surface area contributed by atoms with Crippen LogP contribution in [0.5, 0.6) is 0 Å². The van der Waals surface area contributed by atoms with Crippen molar-refractivity contribution in [1.82, 2.24) is 0 Å². The number of likely N-dealkylation sites (N-methyl/N-ethyl adjacent to an activating group) is 1. The highest BCUT2D eigenvalue weighted by atomic mass is 19.1. The van der Waals surface area contributed by atoms with E-state index in [0.717, 1.165) is 36.4 Å². The molecular weight excluding hydrogens is 357 g/mol. The van der Waals surface area contributed by atoms with E-state index in [-0.39, 0.29) is 30.5 Å². The summed E-state index contributed by atoms with van der Waals surface area (Å²) in [7, 11) is 0. The first-order valence-electron chi connectivity index (χ1n) is 9.71. The number of aryl methyl sites for hydroxylation is 1. The molecule has 0 aliphatic carbocycles. The molecule has 1 saturated heterocycles. The van der Waals surface area contributed by atoms with Crippen LogP contribution in [0.1, 0.15) is 24.5 Å². The maximum Gasteiger partial charge on any atom is 0.229 e. The molecule has 1 fully saturated rings. The lowest BCUT2D eigenvalue weighted by atomic mass is 10.1. The summed E-state index contributed by atoms with van der Waals surface area (Å²) in [5.41, 5.74) is 4.21. The predicted molar refractivity (Wildman–Crippen MR) is 108 cm³/mol. The van der Waals surface area contributed by atoms with Crippen molar-refractivity contribution in [1.29, 1.82) is 0 Å². The van der Waals surface area contributed by atoms with E-state index in [9.17, 15) is 14.0 Å². The number of carbonyl (C=O) groups is 2. The molecule has 2 aromatic rings. The van der Waals surface area contributed by atoms with Crippen LogP contribution in [0.3, 0.4) is 0 Å². The normalized spacial score (nSPS) is 18.5. The maximum atomic E-state index is 14.2. The van der Waals surface area contributed by atoms with E-state index in [4.69, 9.17) is 0 Å². The molecule has 4 rings (SSSR count). The van der Waals surface area contributed by atoms with Crippen molar-refractivity contribution >= 4 is 28.9 Å². The van der Waals surface area contributed by atoms with Crippen LogP contribution in [0.25, 0.3) is 0 Å². The van der Waals surface area contributed by atoms with Gasteiger partial charge in [0.2, 0.25) is 11.8 Å². The highest BCUT2D eigenvalue weighted by Crippen LogP contribution is 2.32. The molecule has 146 valence electrons. The van der Waals surface area contributed by atoms with E-state index in [2.05, 4.69) is 17.1 Å². The Hall–Kier alpha value is -2.89. The lowest BCUT2D eigenvalue weighted by molar-refractivity contribution is -0.122. The minimum absolute atomic E-state index is 0.0885. The van der Waals surface area contributed by atoms with Crippen LogP contribution in [0, 0.1) is 18.7 Å². The van der Waals surface area contributed by atoms with E-state index in [1.807, 2.05) is 18.2 Å². The summed E-state index contributed by atoms with van der Waals surface area (Å²) in [4.78, 5) is 28.8. The van der Waals surface area contributed by atoms with Crippen molar-refractivity contribution in [2.75, 3.05) is 34.8 Å². The second kappa shape index (κ2) is 7.26. The van der Waals surface area contributed by atoms with Gasteiger partial charge in [-0.1, -0.05) is 12.1 Å². The number of nitrogens with one attached hydrogen (secondary N) is 1. The number of anilines is 3. The monoisotopic (exact) mass is 381 g/mol. The molecule has 6 heteroatoms. The maximum absolute atomic E-state index is 14.2. The largest absolute Gasteiger partial charge is 0.371 e. The van der Waals surface area contributed by atoms with Crippen molar-refractivity contribution in [3.8, 4) is 0 Å². The van der Waals surface area contributed by atoms with E-state index >= 15 is 0 Å². The van der Waals surface area contributed by atoms with Gasteiger partial charge in [0, 0.05) is 37.4 Å². The van der Waals surface area contributed by atoms with Gasteiger partial charge in [0.1, 0.15) is 5.82 Å². The summed E-state index contributed by atoms with van der Waals surface area (Å²) in [6.07, 6.45) is 1.11. The zero-order chi connectivity index (χ0) is 19.8. The molecule has 0 radical (unpaired) electrons. The van der Waals surface area contributed by atoms with Crippen LogP contribution in [0.2, 0.25) is 0 Å². The minimum Gasteiger partial charge on any atom is -0.371 e. The van der Waals surface area contributed by atoms with Crippen molar-refractivity contribution < 1.29 is 14.0 Å². The summed E-state index contributed by atoms with van der Waals surface area (Å²) in [5.74, 6) is -1.37. The van der Waals surface area contributed by atoms with Gasteiger partial charge in [-0.2, -0.15) is 0 Å². The van der Waals surface area contributed by atoms with Gasteiger partial charge in [-0.15, -0.1) is 0 Å². The van der Waals surface area contributed by atoms with E-state index < -0.39 is 11.7 Å². The third-order valence-electron chi connectivity index (χ3n) is 5.62. The second-order valence-corrected chi connectivity index (χ2v) is 7.52. The van der Waals surface area contributed by atoms with Crippen molar-refractivity contribution in [2.45, 2.75) is 26.7 Å². The van der Waals surface area contributed by atoms with Gasteiger partial charge < -0.3 is 15.1 Å². The van der Waals surface area contributed by atoms with Gasteiger partial charge >= 0.3 is 0 Å². The number of fused-ring (bicyclic) bond motifs is 1. The summed E-state index contributed by atoms with van der Waals surface area (Å²) < 4.78 is 14.2. The first-order valence-corrected chi connectivity index (χ1v) is 9.71. The first kappa shape index (κ1) is 18.5. The predicted octanol–water partition coefficient (Wildman–Crippen LogP) is 3.51. The zero-order valence-electron chi connectivity index (χ0n) is 16.2. The number of hydrogen-bond acceptors (Lipinski definition) is 3. The highest BCUT2D eigenvalue weighted by molar-refractivity contribution is 6.03. The van der Waals surface area contributed by atoms with Crippen LogP contribution < -0.4 is 15.1 Å². The molecule has 0 bridgehead atoms. The minimum atomic E-state index is -0.497. The Labute approximate surface area is 164 Å². The van der Waals surface area contributed by atoms with E-state index in [0.29, 0.717) is 0 Å². The number of nitrogens with zero attached hydrogens (tertiary/aromatic N) is 2. The Kier molecular flexibility index (Phi) is 4.79. The molecule has 28 heavy (non-hydrogen) atoms. The lowest BCUT2D eigenvalue weighted by Crippen LogP contribution is -2.28. The quantitative estimate of drug-likeness (QED) is 0.882. The molecule has 0 spiro atoms. The molecule has 1 atom stereocenters. The second-order valence-electron chi connectivity index (χ2n) is 7.52. The number of benzene rings is 2. The number of halogens is 1. The molecule has 5 nitrogen and oxygen atoms in total. The van der Waals surface area contributed by atoms with Crippen LogP contribution in [-0.4, -0.2) is 31.4 Å². The Balaban J connectivity index is 1.47. The third-order valence-corrected chi connectivity index (χ3v) is 5.62. The van der Waals surface area contributed by atoms with Gasteiger partial charge in [-0.05, 0) is 55.7 Å². The summed E-state index contributed by atoms with van der Waals surface area (Å²) in [6, 6.07) is 10.7. The molecule has 2 aliphatic heterocycles. The molecule has 2 aliphatic rings. The van der Waals surface area contributed by atoms with Crippen molar-refractivity contribution in [3.05, 3.63) is 53.3 Å². The Morgan fingerprint density at radius 3 is 2.79 bits per heavy atom. The fourth-order valence-corrected chi connectivity index (χ4v) is 4.04. The van der Waals surface area contributed by atoms with Crippen LogP contribution in [0.15, 0.2) is 36.4 Å². The van der Waals surface area contributed by atoms with Crippen LogP contribution in [0.4, 0.5) is 21.5 Å². The molecule has 2 aromatic carbocycles. The van der Waals surface area contributed by atoms with E-state index in [1.165, 1.54) is 16.5 Å². The fraction of sp³-hybridized carbons (Fsp3) is 0.364. The number of rotatable bonds is 4. The van der Waals surface area contributed by atoms with Gasteiger partial charge in [-0.25, -0.2) is 4.39 Å². The Morgan fingerprint density at radius 1 is 1.21 bits per heavy atom. The number of hydrogen-bond donors (Lipinski definition) is 1. The molecule has 2 amide bonds. The zero-order valence-corrected chi connectivity index (χ0v) is 16.2. The topological polar surface area (TPSA) is 52.7 Å². The van der Waals surface area contributed by atoms with Crippen molar-refractivity contribution in [3.63, 3.8) is 0 Å². The van der Waals surface area contributed by atoms with Gasteiger partial charge in [0.25, 0.3) is 0 Å². The average molecular weight is 381 g/mol. The Bertz CT molecular complexity index is 943. The number of amides is 2.